The average Bonchev–Trinajstić information content (AvgIpc) is 2.89. The quantitative estimate of drug-likeness (QED) is 0.221. The van der Waals surface area contributed by atoms with E-state index in [1.54, 1.807) is 42.5 Å². The van der Waals surface area contributed by atoms with Crippen LogP contribution in [0.1, 0.15) is 49.3 Å². The Kier molecular flexibility index (Phi) is 8.25. The molecule has 0 saturated carbocycles. The van der Waals surface area contributed by atoms with Crippen LogP contribution in [0, 0.1) is 23.4 Å². The molecule has 0 spiro atoms. The van der Waals surface area contributed by atoms with Crippen LogP contribution in [0.15, 0.2) is 79.9 Å². The summed E-state index contributed by atoms with van der Waals surface area (Å²) in [7, 11) is 0. The van der Waals surface area contributed by atoms with E-state index < -0.39 is 11.6 Å². The van der Waals surface area contributed by atoms with E-state index in [-0.39, 0.29) is 17.5 Å². The van der Waals surface area contributed by atoms with Gasteiger partial charge in [-0.2, -0.15) is 0 Å². The van der Waals surface area contributed by atoms with E-state index in [4.69, 9.17) is 4.74 Å². The first-order valence-corrected chi connectivity index (χ1v) is 12.2. The molecule has 0 bridgehead atoms. The maximum atomic E-state index is 15.0. The van der Waals surface area contributed by atoms with Crippen LogP contribution < -0.4 is 0 Å². The summed E-state index contributed by atoms with van der Waals surface area (Å²) in [5.41, 5.74) is 3.10. The lowest BCUT2D eigenvalue weighted by molar-refractivity contribution is -0.00528. The van der Waals surface area contributed by atoms with Gasteiger partial charge in [-0.25, -0.2) is 13.2 Å². The van der Waals surface area contributed by atoms with Crippen molar-refractivity contribution >= 4 is 0 Å². The number of aryl methyl sites for hydroxylation is 1. The van der Waals surface area contributed by atoms with Crippen LogP contribution in [-0.2, 0) is 11.2 Å². The van der Waals surface area contributed by atoms with E-state index in [0.29, 0.717) is 41.2 Å². The maximum Gasteiger partial charge on any atom is 0.166 e. The van der Waals surface area contributed by atoms with Crippen molar-refractivity contribution in [3.63, 3.8) is 0 Å². The SMILES string of the molecule is C=CCCCCc1ccc(-c2ccc(-c3ccc(C4CCC(C=C)CO4)cc3F)cc2)c(F)c1F. The molecule has 3 aromatic rings. The van der Waals surface area contributed by atoms with Crippen molar-refractivity contribution in [1.82, 2.24) is 0 Å². The summed E-state index contributed by atoms with van der Waals surface area (Å²) < 4.78 is 50.3. The fourth-order valence-electron chi connectivity index (χ4n) is 4.63. The minimum absolute atomic E-state index is 0.111. The normalized spacial score (nSPS) is 17.8. The summed E-state index contributed by atoms with van der Waals surface area (Å²) in [6.07, 6.45) is 8.47. The van der Waals surface area contributed by atoms with E-state index >= 15 is 0 Å². The van der Waals surface area contributed by atoms with Crippen LogP contribution in [0.2, 0.25) is 0 Å². The minimum atomic E-state index is -0.847. The second-order valence-corrected chi connectivity index (χ2v) is 9.15. The van der Waals surface area contributed by atoms with Crippen molar-refractivity contribution in [3.8, 4) is 22.3 Å². The Morgan fingerprint density at radius 2 is 1.54 bits per heavy atom. The van der Waals surface area contributed by atoms with Gasteiger partial charge in [0.1, 0.15) is 5.82 Å². The average molecular weight is 477 g/mol. The summed E-state index contributed by atoms with van der Waals surface area (Å²) in [5.74, 6) is -1.62. The number of benzene rings is 3. The van der Waals surface area contributed by atoms with Crippen LogP contribution in [-0.4, -0.2) is 6.61 Å². The van der Waals surface area contributed by atoms with Crippen molar-refractivity contribution in [2.24, 2.45) is 5.92 Å². The molecule has 0 N–H and O–H groups in total. The molecule has 2 atom stereocenters. The molecule has 35 heavy (non-hydrogen) atoms. The van der Waals surface area contributed by atoms with Gasteiger partial charge in [0.25, 0.3) is 0 Å². The Balaban J connectivity index is 1.48. The largest absolute Gasteiger partial charge is 0.373 e. The van der Waals surface area contributed by atoms with Crippen LogP contribution in [0.25, 0.3) is 22.3 Å². The Labute approximate surface area is 206 Å². The van der Waals surface area contributed by atoms with E-state index in [1.165, 1.54) is 6.07 Å². The van der Waals surface area contributed by atoms with E-state index in [1.807, 2.05) is 18.2 Å². The Bertz CT molecular complexity index is 1170. The number of hydrogen-bond donors (Lipinski definition) is 0. The summed E-state index contributed by atoms with van der Waals surface area (Å²) in [6, 6.07) is 15.3. The highest BCUT2D eigenvalue weighted by molar-refractivity contribution is 5.71. The highest BCUT2D eigenvalue weighted by Crippen LogP contribution is 2.34. The predicted molar refractivity (Wildman–Crippen MR) is 137 cm³/mol. The first kappa shape index (κ1) is 25.0. The molecule has 4 rings (SSSR count). The zero-order valence-corrected chi connectivity index (χ0v) is 19.9. The van der Waals surface area contributed by atoms with Crippen LogP contribution in [0.4, 0.5) is 13.2 Å². The van der Waals surface area contributed by atoms with Crippen molar-refractivity contribution in [1.29, 1.82) is 0 Å². The van der Waals surface area contributed by atoms with Gasteiger partial charge in [-0.1, -0.05) is 60.7 Å². The molecular weight excluding hydrogens is 445 g/mol. The van der Waals surface area contributed by atoms with Crippen molar-refractivity contribution in [3.05, 3.63) is 108 Å². The zero-order valence-electron chi connectivity index (χ0n) is 19.9. The van der Waals surface area contributed by atoms with Gasteiger partial charge in [0, 0.05) is 17.0 Å². The Morgan fingerprint density at radius 1 is 0.829 bits per heavy atom. The lowest BCUT2D eigenvalue weighted by Gasteiger charge is -2.27. The predicted octanol–water partition coefficient (Wildman–Crippen LogP) is 8.99. The van der Waals surface area contributed by atoms with Gasteiger partial charge in [-0.15, -0.1) is 13.2 Å². The second-order valence-electron chi connectivity index (χ2n) is 9.15. The lowest BCUT2D eigenvalue weighted by atomic mass is 9.93. The van der Waals surface area contributed by atoms with E-state index in [9.17, 15) is 13.2 Å². The van der Waals surface area contributed by atoms with Crippen molar-refractivity contribution < 1.29 is 17.9 Å². The number of ether oxygens (including phenoxy) is 1. The summed E-state index contributed by atoms with van der Waals surface area (Å²) in [6.45, 7) is 8.10. The molecule has 1 aliphatic heterocycles. The molecule has 1 heterocycles. The van der Waals surface area contributed by atoms with Crippen molar-refractivity contribution in [2.45, 2.75) is 44.6 Å². The zero-order chi connectivity index (χ0) is 24.8. The summed E-state index contributed by atoms with van der Waals surface area (Å²) in [5, 5.41) is 0. The Morgan fingerprint density at radius 3 is 2.17 bits per heavy atom. The molecule has 0 aliphatic carbocycles. The maximum absolute atomic E-state index is 15.0. The van der Waals surface area contributed by atoms with E-state index in [2.05, 4.69) is 13.2 Å². The smallest absolute Gasteiger partial charge is 0.166 e. The third-order valence-corrected chi connectivity index (χ3v) is 6.78. The van der Waals surface area contributed by atoms with E-state index in [0.717, 1.165) is 37.7 Å². The van der Waals surface area contributed by atoms with Crippen molar-refractivity contribution in [2.75, 3.05) is 6.61 Å². The standard InChI is InChI=1S/C31H31F3O/c1-3-5-6-7-8-24-14-17-27(31(34)30(24)33)23-12-10-22(11-13-23)26-16-15-25(19-28(26)32)29-18-9-21(4-2)20-35-29/h3-4,10-17,19,21,29H,1-2,5-9,18,20H2. The van der Waals surface area contributed by atoms with Crippen LogP contribution >= 0.6 is 0 Å². The highest BCUT2D eigenvalue weighted by atomic mass is 19.2. The van der Waals surface area contributed by atoms with Gasteiger partial charge in [0.15, 0.2) is 11.6 Å². The number of unbranched alkanes of at least 4 members (excludes halogenated alkanes) is 2. The number of rotatable bonds is 9. The van der Waals surface area contributed by atoms with Gasteiger partial charge in [0.2, 0.25) is 0 Å². The Hall–Kier alpha value is -3.11. The third-order valence-electron chi connectivity index (χ3n) is 6.78. The molecule has 0 radical (unpaired) electrons. The molecule has 1 aliphatic rings. The fourth-order valence-corrected chi connectivity index (χ4v) is 4.63. The fraction of sp³-hybridized carbons (Fsp3) is 0.290. The molecule has 1 nitrogen and oxygen atoms in total. The molecule has 0 amide bonds. The van der Waals surface area contributed by atoms with Gasteiger partial charge >= 0.3 is 0 Å². The first-order chi connectivity index (χ1) is 17.0. The van der Waals surface area contributed by atoms with Crippen LogP contribution in [0.3, 0.4) is 0 Å². The van der Waals surface area contributed by atoms with Gasteiger partial charge in [-0.05, 0) is 66.8 Å². The highest BCUT2D eigenvalue weighted by Gasteiger charge is 2.22. The van der Waals surface area contributed by atoms with Crippen LogP contribution in [0.5, 0.6) is 0 Å². The van der Waals surface area contributed by atoms with Gasteiger partial charge < -0.3 is 4.74 Å². The molecular formula is C31H31F3O. The van der Waals surface area contributed by atoms with Gasteiger partial charge in [0.05, 0.1) is 12.7 Å². The molecule has 3 aromatic carbocycles. The number of hydrogen-bond acceptors (Lipinski definition) is 1. The minimum Gasteiger partial charge on any atom is -0.373 e. The third kappa shape index (κ3) is 5.76. The molecule has 2 unspecified atom stereocenters. The summed E-state index contributed by atoms with van der Waals surface area (Å²) >= 11 is 0. The topological polar surface area (TPSA) is 9.23 Å². The molecule has 1 saturated heterocycles. The summed E-state index contributed by atoms with van der Waals surface area (Å²) in [4.78, 5) is 0. The molecule has 182 valence electrons. The number of halogens is 3. The lowest BCUT2D eigenvalue weighted by Crippen LogP contribution is -2.19. The van der Waals surface area contributed by atoms with Gasteiger partial charge in [-0.3, -0.25) is 0 Å². The molecule has 0 aromatic heterocycles. The monoisotopic (exact) mass is 476 g/mol. The second kappa shape index (κ2) is 11.5. The molecule has 1 fully saturated rings. The number of allylic oxidation sites excluding steroid dienone is 1. The first-order valence-electron chi connectivity index (χ1n) is 12.2. The molecule has 4 heteroatoms.